The molecule has 2 amide bonds. The third-order valence-electron chi connectivity index (χ3n) is 6.84. The Morgan fingerprint density at radius 2 is 2.06 bits per heavy atom. The van der Waals surface area contributed by atoms with Gasteiger partial charge in [0.2, 0.25) is 5.91 Å². The molecular formula is C24H32N4O4. The predicted octanol–water partition coefficient (Wildman–Crippen LogP) is 2.84. The van der Waals surface area contributed by atoms with Crippen molar-refractivity contribution in [1.82, 2.24) is 20.4 Å². The normalized spacial score (nSPS) is 20.3. The molecule has 8 nitrogen and oxygen atoms in total. The van der Waals surface area contributed by atoms with Crippen molar-refractivity contribution < 1.29 is 18.8 Å². The summed E-state index contributed by atoms with van der Waals surface area (Å²) in [5, 5.41) is 6.99. The van der Waals surface area contributed by atoms with E-state index in [1.165, 1.54) is 0 Å². The summed E-state index contributed by atoms with van der Waals surface area (Å²) in [4.78, 5) is 31.1. The van der Waals surface area contributed by atoms with Gasteiger partial charge in [-0.2, -0.15) is 0 Å². The molecule has 0 radical (unpaired) electrons. The molecule has 1 atom stereocenters. The third kappa shape index (κ3) is 5.18. The average molecular weight is 441 g/mol. The first-order chi connectivity index (χ1) is 15.5. The highest BCUT2D eigenvalue weighted by Crippen LogP contribution is 2.37. The fourth-order valence-corrected chi connectivity index (χ4v) is 4.89. The Labute approximate surface area is 188 Å². The number of ether oxygens (including phenoxy) is 1. The molecule has 0 saturated carbocycles. The van der Waals surface area contributed by atoms with E-state index in [9.17, 15) is 9.59 Å². The van der Waals surface area contributed by atoms with E-state index in [0.717, 1.165) is 42.7 Å². The minimum atomic E-state index is -0.183. The third-order valence-corrected chi connectivity index (χ3v) is 6.84. The lowest BCUT2D eigenvalue weighted by Gasteiger charge is -2.46. The second kappa shape index (κ2) is 9.81. The molecule has 1 spiro atoms. The topological polar surface area (TPSA) is 97.6 Å². The van der Waals surface area contributed by atoms with Gasteiger partial charge in [0.25, 0.3) is 5.91 Å². The zero-order chi connectivity index (χ0) is 22.6. The minimum Gasteiger partial charge on any atom is -0.375 e. The molecule has 2 aromatic heterocycles. The number of nitrogens with one attached hydrogen (secondary N) is 1. The zero-order valence-electron chi connectivity index (χ0n) is 18.9. The fourth-order valence-electron chi connectivity index (χ4n) is 4.89. The van der Waals surface area contributed by atoms with Gasteiger partial charge in [-0.15, -0.1) is 0 Å². The van der Waals surface area contributed by atoms with Crippen LogP contribution in [-0.2, 0) is 16.0 Å². The Kier molecular flexibility index (Phi) is 6.89. The number of piperidine rings is 1. The quantitative estimate of drug-likeness (QED) is 0.742. The van der Waals surface area contributed by atoms with Crippen molar-refractivity contribution in [3.8, 4) is 0 Å². The second-order valence-electron chi connectivity index (χ2n) is 9.00. The lowest BCUT2D eigenvalue weighted by molar-refractivity contribution is -0.146. The van der Waals surface area contributed by atoms with E-state index in [1.807, 2.05) is 24.8 Å². The van der Waals surface area contributed by atoms with Crippen LogP contribution in [0.15, 0.2) is 28.9 Å². The van der Waals surface area contributed by atoms with Gasteiger partial charge in [-0.25, -0.2) is 0 Å². The van der Waals surface area contributed by atoms with Crippen LogP contribution < -0.4 is 5.32 Å². The van der Waals surface area contributed by atoms with Crippen LogP contribution in [0.5, 0.6) is 0 Å². The monoisotopic (exact) mass is 440 g/mol. The molecule has 1 unspecified atom stereocenters. The molecule has 8 heteroatoms. The van der Waals surface area contributed by atoms with Crippen molar-refractivity contribution >= 4 is 11.8 Å². The van der Waals surface area contributed by atoms with Crippen LogP contribution in [0.1, 0.15) is 59.6 Å². The Bertz CT molecular complexity index is 915. The Hall–Kier alpha value is -2.74. The molecule has 0 bridgehead atoms. The number of aryl methyl sites for hydroxylation is 2. The maximum atomic E-state index is 12.7. The zero-order valence-corrected chi connectivity index (χ0v) is 18.9. The second-order valence-corrected chi connectivity index (χ2v) is 9.00. The molecular weight excluding hydrogens is 408 g/mol. The van der Waals surface area contributed by atoms with Crippen LogP contribution in [-0.4, -0.2) is 58.7 Å². The molecule has 0 aromatic carbocycles. The molecule has 2 aliphatic rings. The Morgan fingerprint density at radius 3 is 2.75 bits per heavy atom. The number of rotatable bonds is 6. The van der Waals surface area contributed by atoms with Crippen molar-refractivity contribution in [1.29, 1.82) is 0 Å². The average Bonchev–Trinajstić information content (AvgIpc) is 3.14. The van der Waals surface area contributed by atoms with Gasteiger partial charge < -0.3 is 19.5 Å². The number of hydrogen-bond donors (Lipinski definition) is 1. The summed E-state index contributed by atoms with van der Waals surface area (Å²) in [6, 6.07) is 5.33. The van der Waals surface area contributed by atoms with Crippen molar-refractivity contribution in [3.05, 3.63) is 47.1 Å². The van der Waals surface area contributed by atoms with Gasteiger partial charge in [-0.3, -0.25) is 14.6 Å². The maximum absolute atomic E-state index is 12.7. The van der Waals surface area contributed by atoms with E-state index in [-0.39, 0.29) is 17.4 Å². The lowest BCUT2D eigenvalue weighted by Crippen LogP contribution is -2.51. The summed E-state index contributed by atoms with van der Waals surface area (Å²) in [6.07, 6.45) is 6.29. The van der Waals surface area contributed by atoms with Crippen LogP contribution in [0.4, 0.5) is 0 Å². The lowest BCUT2D eigenvalue weighted by atomic mass is 9.79. The summed E-state index contributed by atoms with van der Waals surface area (Å²) in [7, 11) is 0. The van der Waals surface area contributed by atoms with E-state index >= 15 is 0 Å². The summed E-state index contributed by atoms with van der Waals surface area (Å²) in [5.41, 5.74) is 2.16. The van der Waals surface area contributed by atoms with Gasteiger partial charge in [0.1, 0.15) is 11.5 Å². The van der Waals surface area contributed by atoms with Crippen molar-refractivity contribution in [2.24, 2.45) is 5.92 Å². The van der Waals surface area contributed by atoms with Crippen LogP contribution >= 0.6 is 0 Å². The summed E-state index contributed by atoms with van der Waals surface area (Å²) in [6.45, 7) is 6.56. The molecule has 2 aliphatic heterocycles. The molecule has 4 heterocycles. The first-order valence-corrected chi connectivity index (χ1v) is 11.5. The number of carbonyl (C=O) groups is 2. The summed E-state index contributed by atoms with van der Waals surface area (Å²) in [5.74, 6) is 1.21. The molecule has 2 saturated heterocycles. The van der Waals surface area contributed by atoms with E-state index in [2.05, 4.69) is 15.5 Å². The molecule has 0 aliphatic carbocycles. The molecule has 1 N–H and O–H groups in total. The number of nitrogens with zero attached hydrogens (tertiary/aromatic N) is 3. The van der Waals surface area contributed by atoms with Crippen LogP contribution in [0.25, 0.3) is 0 Å². The van der Waals surface area contributed by atoms with Gasteiger partial charge in [0, 0.05) is 44.4 Å². The SMILES string of the molecule is Cc1noc(C)c1CCC(=O)N1CCC2(CC1)CC(CNC(=O)c1ccccn1)CCO2. The fraction of sp³-hybridized carbons (Fsp3) is 0.583. The van der Waals surface area contributed by atoms with Crippen LogP contribution in [0.3, 0.4) is 0 Å². The highest BCUT2D eigenvalue weighted by Gasteiger charge is 2.41. The predicted molar refractivity (Wildman–Crippen MR) is 118 cm³/mol. The number of amides is 2. The number of hydrogen-bond acceptors (Lipinski definition) is 6. The largest absolute Gasteiger partial charge is 0.375 e. The molecule has 2 fully saturated rings. The highest BCUT2D eigenvalue weighted by molar-refractivity contribution is 5.92. The van der Waals surface area contributed by atoms with Gasteiger partial charge in [-0.1, -0.05) is 11.2 Å². The van der Waals surface area contributed by atoms with E-state index < -0.39 is 0 Å². The van der Waals surface area contributed by atoms with Gasteiger partial charge in [0.15, 0.2) is 0 Å². The van der Waals surface area contributed by atoms with Crippen molar-refractivity contribution in [3.63, 3.8) is 0 Å². The number of carbonyl (C=O) groups excluding carboxylic acids is 2. The molecule has 172 valence electrons. The highest BCUT2D eigenvalue weighted by atomic mass is 16.5. The standard InChI is InChI=1S/C24H32N4O4/c1-17-20(18(2)32-27-17)6-7-22(29)28-12-9-24(10-13-28)15-19(8-14-31-24)16-26-23(30)21-5-3-4-11-25-21/h3-5,11,19H,6-10,12-16H2,1-2H3,(H,26,30). The minimum absolute atomic E-state index is 0.134. The van der Waals surface area contributed by atoms with Gasteiger partial charge in [0.05, 0.1) is 11.3 Å². The van der Waals surface area contributed by atoms with E-state index in [4.69, 9.17) is 9.26 Å². The van der Waals surface area contributed by atoms with Crippen molar-refractivity contribution in [2.45, 2.75) is 58.0 Å². The summed E-state index contributed by atoms with van der Waals surface area (Å²) >= 11 is 0. The first kappa shape index (κ1) is 22.5. The van der Waals surface area contributed by atoms with E-state index in [1.54, 1.807) is 18.3 Å². The molecule has 2 aromatic rings. The van der Waals surface area contributed by atoms with Crippen molar-refractivity contribution in [2.75, 3.05) is 26.2 Å². The smallest absolute Gasteiger partial charge is 0.269 e. The molecule has 4 rings (SSSR count). The molecule has 32 heavy (non-hydrogen) atoms. The Balaban J connectivity index is 1.24. The van der Waals surface area contributed by atoms with Gasteiger partial charge >= 0.3 is 0 Å². The maximum Gasteiger partial charge on any atom is 0.269 e. The number of likely N-dealkylation sites (tertiary alicyclic amines) is 1. The van der Waals surface area contributed by atoms with Crippen LogP contribution in [0.2, 0.25) is 0 Å². The van der Waals surface area contributed by atoms with Crippen LogP contribution in [0, 0.1) is 19.8 Å². The number of aromatic nitrogens is 2. The van der Waals surface area contributed by atoms with Gasteiger partial charge in [-0.05, 0) is 64.0 Å². The Morgan fingerprint density at radius 1 is 1.25 bits per heavy atom. The number of pyridine rings is 1. The van der Waals surface area contributed by atoms with E-state index in [0.29, 0.717) is 50.7 Å². The first-order valence-electron chi connectivity index (χ1n) is 11.5. The summed E-state index contributed by atoms with van der Waals surface area (Å²) < 4.78 is 11.4.